The fourth-order valence-electron chi connectivity index (χ4n) is 3.98. The Kier molecular flexibility index (Phi) is 7.96. The van der Waals surface area contributed by atoms with Crippen molar-refractivity contribution in [3.05, 3.63) is 65.0 Å². The fourth-order valence-corrected chi connectivity index (χ4v) is 4.49. The van der Waals surface area contributed by atoms with E-state index in [-0.39, 0.29) is 16.8 Å². The van der Waals surface area contributed by atoms with Crippen LogP contribution in [0.15, 0.2) is 42.5 Å². The monoisotopic (exact) mass is 518 g/mol. The summed E-state index contributed by atoms with van der Waals surface area (Å²) < 4.78 is 46.2. The van der Waals surface area contributed by atoms with Crippen LogP contribution in [0.25, 0.3) is 4.85 Å². The van der Waals surface area contributed by atoms with Crippen LogP contribution in [0.5, 0.6) is 5.75 Å². The van der Waals surface area contributed by atoms with Gasteiger partial charge in [0.2, 0.25) is 0 Å². The number of alkyl halides is 3. The van der Waals surface area contributed by atoms with Gasteiger partial charge in [-0.3, -0.25) is 9.69 Å². The van der Waals surface area contributed by atoms with E-state index in [9.17, 15) is 18.0 Å². The minimum Gasteiger partial charge on any atom is -0.494 e. The van der Waals surface area contributed by atoms with Crippen LogP contribution in [-0.2, 0) is 11.0 Å². The number of amides is 1. The van der Waals surface area contributed by atoms with Gasteiger partial charge in [-0.2, -0.15) is 13.2 Å². The number of carbonyl (C=O) groups is 1. The van der Waals surface area contributed by atoms with E-state index in [2.05, 4.69) is 16.7 Å². The van der Waals surface area contributed by atoms with Crippen molar-refractivity contribution in [3.8, 4) is 5.75 Å². The van der Waals surface area contributed by atoms with Crippen LogP contribution >= 0.6 is 12.2 Å². The third-order valence-corrected chi connectivity index (χ3v) is 6.82. The Bertz CT molecular complexity index is 1170. The van der Waals surface area contributed by atoms with Crippen molar-refractivity contribution >= 4 is 34.6 Å². The molecule has 1 atom stereocenters. The molecule has 6 nitrogen and oxygen atoms in total. The van der Waals surface area contributed by atoms with Crippen LogP contribution in [-0.4, -0.2) is 53.6 Å². The van der Waals surface area contributed by atoms with Crippen molar-refractivity contribution in [1.29, 1.82) is 0 Å². The third-order valence-electron chi connectivity index (χ3n) is 6.42. The Morgan fingerprint density at radius 3 is 2.36 bits per heavy atom. The summed E-state index contributed by atoms with van der Waals surface area (Å²) >= 11 is 5.52. The number of hydrogen-bond acceptors (Lipinski definition) is 4. The number of halogens is 3. The molecule has 0 saturated carbocycles. The van der Waals surface area contributed by atoms with Crippen LogP contribution < -0.4 is 9.64 Å². The highest BCUT2D eigenvalue weighted by Gasteiger charge is 2.49. The Balaban J connectivity index is 1.68. The maximum absolute atomic E-state index is 13.5. The van der Waals surface area contributed by atoms with E-state index in [0.29, 0.717) is 19.6 Å². The molecule has 1 unspecified atom stereocenters. The quantitative estimate of drug-likeness (QED) is 0.241. The average molecular weight is 519 g/mol. The van der Waals surface area contributed by atoms with E-state index >= 15 is 0 Å². The highest BCUT2D eigenvalue weighted by Crippen LogP contribution is 2.40. The summed E-state index contributed by atoms with van der Waals surface area (Å²) in [5.41, 5.74) is -1.50. The smallest absolute Gasteiger partial charge is 0.407 e. The molecule has 0 spiro atoms. The van der Waals surface area contributed by atoms with E-state index in [1.54, 1.807) is 18.7 Å². The molecule has 0 aliphatic carbocycles. The lowest BCUT2D eigenvalue weighted by atomic mass is 10.0. The molecule has 2 aromatic carbocycles. The van der Waals surface area contributed by atoms with Gasteiger partial charge in [0.15, 0.2) is 10.8 Å². The fraction of sp³-hybridized carbons (Fsp3) is 0.423. The molecule has 0 bridgehead atoms. The number of hydrogen-bond donors (Lipinski definition) is 0. The number of benzene rings is 2. The number of ether oxygens (including phenoxy) is 1. The van der Waals surface area contributed by atoms with Crippen molar-refractivity contribution in [1.82, 2.24) is 9.80 Å². The van der Waals surface area contributed by atoms with Crippen molar-refractivity contribution in [2.45, 2.75) is 44.9 Å². The van der Waals surface area contributed by atoms with Gasteiger partial charge in [0.1, 0.15) is 11.3 Å². The van der Waals surface area contributed by atoms with Gasteiger partial charge < -0.3 is 14.5 Å². The first kappa shape index (κ1) is 27.4. The molecule has 192 valence electrons. The third kappa shape index (κ3) is 5.47. The van der Waals surface area contributed by atoms with Crippen LogP contribution in [0.1, 0.15) is 44.4 Å². The van der Waals surface area contributed by atoms with Crippen LogP contribution in [0.4, 0.5) is 24.5 Å². The predicted octanol–water partition coefficient (Wildman–Crippen LogP) is 6.06. The van der Waals surface area contributed by atoms with Gasteiger partial charge in [-0.15, -0.1) is 0 Å². The number of thiocarbonyl (C=S) groups is 1. The van der Waals surface area contributed by atoms with Crippen molar-refractivity contribution in [3.63, 3.8) is 0 Å². The molecular weight excluding hydrogens is 489 g/mol. The van der Waals surface area contributed by atoms with Crippen molar-refractivity contribution in [2.75, 3.05) is 32.1 Å². The summed E-state index contributed by atoms with van der Waals surface area (Å²) in [5.74, 6) is 0.299. The molecule has 1 saturated heterocycles. The Hall–Kier alpha value is -3.16. The summed E-state index contributed by atoms with van der Waals surface area (Å²) in [4.78, 5) is 21.1. The maximum Gasteiger partial charge on any atom is 0.407 e. The van der Waals surface area contributed by atoms with Gasteiger partial charge in [-0.25, -0.2) is 4.85 Å². The van der Waals surface area contributed by atoms with Crippen LogP contribution in [0, 0.1) is 6.57 Å². The highest BCUT2D eigenvalue weighted by atomic mass is 32.1. The van der Waals surface area contributed by atoms with Gasteiger partial charge in [0.05, 0.1) is 18.7 Å². The zero-order valence-electron chi connectivity index (χ0n) is 20.9. The highest BCUT2D eigenvalue weighted by molar-refractivity contribution is 7.80. The maximum atomic E-state index is 13.5. The van der Waals surface area contributed by atoms with E-state index in [0.717, 1.165) is 22.8 Å². The van der Waals surface area contributed by atoms with E-state index in [4.69, 9.17) is 23.5 Å². The predicted molar refractivity (Wildman–Crippen MR) is 137 cm³/mol. The van der Waals surface area contributed by atoms with Gasteiger partial charge in [0, 0.05) is 18.3 Å². The van der Waals surface area contributed by atoms with Gasteiger partial charge >= 0.3 is 6.18 Å². The molecule has 1 aliphatic rings. The summed E-state index contributed by atoms with van der Waals surface area (Å²) in [6, 6.07) is 11.3. The lowest BCUT2D eigenvalue weighted by molar-refractivity contribution is -0.136. The summed E-state index contributed by atoms with van der Waals surface area (Å²) in [5, 5.41) is 0.121. The second-order valence-corrected chi connectivity index (χ2v) is 9.72. The molecule has 2 aromatic rings. The minimum absolute atomic E-state index is 0.0106. The van der Waals surface area contributed by atoms with Crippen LogP contribution in [0.2, 0.25) is 0 Å². The number of rotatable bonds is 8. The molecule has 1 amide bonds. The van der Waals surface area contributed by atoms with Gasteiger partial charge in [-0.05, 0) is 83.3 Å². The Morgan fingerprint density at radius 1 is 1.17 bits per heavy atom. The molecule has 0 N–H and O–H groups in total. The molecular formula is C26H29F3N4O2S. The molecule has 10 heteroatoms. The standard InChI is InChI=1S/C26H29F3N4O2S/c1-17(31(5)6)18-8-11-20(12-9-18)35-15-7-14-32-24(36)33(23(34)25(32,2)3)19-10-13-22(30-4)21(16-19)26(27,28)29/h8-13,16-17H,7,14-15H2,1-3,5-6H3. The van der Waals surface area contributed by atoms with Crippen molar-refractivity contribution in [2.24, 2.45) is 0 Å². The zero-order chi connectivity index (χ0) is 26.8. The summed E-state index contributed by atoms with van der Waals surface area (Å²) in [7, 11) is 4.03. The molecule has 0 aromatic heterocycles. The summed E-state index contributed by atoms with van der Waals surface area (Å²) in [6.45, 7) is 13.3. The Morgan fingerprint density at radius 2 is 1.81 bits per heavy atom. The van der Waals surface area contributed by atoms with Crippen LogP contribution in [0.3, 0.4) is 0 Å². The minimum atomic E-state index is -4.73. The summed E-state index contributed by atoms with van der Waals surface area (Å²) in [6.07, 6.45) is -4.18. The lowest BCUT2D eigenvalue weighted by Crippen LogP contribution is -2.44. The Labute approximate surface area is 215 Å². The van der Waals surface area contributed by atoms with E-state index in [1.807, 2.05) is 38.4 Å². The number of nitrogens with zero attached hydrogens (tertiary/aromatic N) is 4. The van der Waals surface area contributed by atoms with Crippen molar-refractivity contribution < 1.29 is 22.7 Å². The lowest BCUT2D eigenvalue weighted by Gasteiger charge is -2.29. The molecule has 1 heterocycles. The van der Waals surface area contributed by atoms with E-state index < -0.39 is 28.9 Å². The second-order valence-electron chi connectivity index (χ2n) is 9.36. The van der Waals surface area contributed by atoms with E-state index in [1.165, 1.54) is 11.6 Å². The topological polar surface area (TPSA) is 40.4 Å². The normalized spacial score (nSPS) is 16.4. The largest absolute Gasteiger partial charge is 0.494 e. The first-order valence-electron chi connectivity index (χ1n) is 11.4. The number of carbonyl (C=O) groups excluding carboxylic acids is 1. The molecule has 0 radical (unpaired) electrons. The average Bonchev–Trinajstić information content (AvgIpc) is 2.99. The molecule has 1 aliphatic heterocycles. The molecule has 3 rings (SSSR count). The molecule has 36 heavy (non-hydrogen) atoms. The molecule has 1 fully saturated rings. The van der Waals surface area contributed by atoms with Gasteiger partial charge in [-0.1, -0.05) is 18.2 Å². The first-order chi connectivity index (χ1) is 16.8. The zero-order valence-corrected chi connectivity index (χ0v) is 21.7. The SMILES string of the molecule is [C-]#[N+]c1ccc(N2C(=O)C(C)(C)N(CCCOc3ccc(C(C)N(C)C)cc3)C2=S)cc1C(F)(F)F. The van der Waals surface area contributed by atoms with Gasteiger partial charge in [0.25, 0.3) is 5.91 Å². The second kappa shape index (κ2) is 10.4. The number of anilines is 1. The first-order valence-corrected chi connectivity index (χ1v) is 11.8.